The number of carbonyl (C=O) groups is 1. The number of hydrogen-bond donors (Lipinski definition) is 1. The van der Waals surface area contributed by atoms with Crippen molar-refractivity contribution in [3.63, 3.8) is 0 Å². The first-order valence-electron chi connectivity index (χ1n) is 5.51. The van der Waals surface area contributed by atoms with E-state index in [1.165, 1.54) is 7.11 Å². The molecule has 1 atom stereocenters. The number of esters is 1. The predicted molar refractivity (Wildman–Crippen MR) is 64.1 cm³/mol. The normalized spacial score (nSPS) is 12.1. The van der Waals surface area contributed by atoms with Crippen LogP contribution in [0.2, 0.25) is 0 Å². The molecule has 0 radical (unpaired) electrons. The summed E-state index contributed by atoms with van der Waals surface area (Å²) in [5.74, 6) is -0.125. The zero-order valence-corrected chi connectivity index (χ0v) is 10.6. The topological polar surface area (TPSA) is 55.8 Å². The Hall–Kier alpha value is -1.55. The maximum atomic E-state index is 11.3. The Morgan fingerprint density at radius 3 is 2.59 bits per heavy atom. The molecule has 0 saturated carbocycles. The fraction of sp³-hybridized carbons (Fsp3) is 0.462. The summed E-state index contributed by atoms with van der Waals surface area (Å²) in [5.41, 5.74) is 2.42. The molecule has 1 aromatic carbocycles. The highest BCUT2D eigenvalue weighted by atomic mass is 16.5. The summed E-state index contributed by atoms with van der Waals surface area (Å²) in [4.78, 5) is 11.3. The van der Waals surface area contributed by atoms with Gasteiger partial charge < -0.3 is 14.6 Å². The predicted octanol–water partition coefficient (Wildman–Crippen LogP) is 1.91. The van der Waals surface area contributed by atoms with Gasteiger partial charge in [0.25, 0.3) is 0 Å². The SMILES string of the molecule is CCOc1c(C(O)C(=O)OC)ccc(C)c1C. The van der Waals surface area contributed by atoms with Crippen molar-refractivity contribution in [2.75, 3.05) is 13.7 Å². The summed E-state index contributed by atoms with van der Waals surface area (Å²) >= 11 is 0. The lowest BCUT2D eigenvalue weighted by molar-refractivity contribution is -0.150. The van der Waals surface area contributed by atoms with E-state index in [1.807, 2.05) is 26.8 Å². The molecule has 1 N–H and O–H groups in total. The van der Waals surface area contributed by atoms with Gasteiger partial charge in [0.1, 0.15) is 5.75 Å². The number of ether oxygens (including phenoxy) is 2. The largest absolute Gasteiger partial charge is 0.493 e. The zero-order valence-electron chi connectivity index (χ0n) is 10.6. The number of carbonyl (C=O) groups excluding carboxylic acids is 1. The first-order chi connectivity index (χ1) is 8.02. The van der Waals surface area contributed by atoms with Crippen LogP contribution in [0.25, 0.3) is 0 Å². The van der Waals surface area contributed by atoms with E-state index in [0.717, 1.165) is 11.1 Å². The maximum absolute atomic E-state index is 11.3. The van der Waals surface area contributed by atoms with Crippen molar-refractivity contribution in [1.29, 1.82) is 0 Å². The van der Waals surface area contributed by atoms with Crippen LogP contribution in [0.3, 0.4) is 0 Å². The molecule has 0 bridgehead atoms. The third kappa shape index (κ3) is 2.77. The minimum absolute atomic E-state index is 0.446. The Bertz CT molecular complexity index is 412. The van der Waals surface area contributed by atoms with E-state index in [1.54, 1.807) is 6.07 Å². The van der Waals surface area contributed by atoms with Gasteiger partial charge in [-0.15, -0.1) is 0 Å². The Morgan fingerprint density at radius 2 is 2.06 bits per heavy atom. The van der Waals surface area contributed by atoms with Crippen LogP contribution in [0, 0.1) is 13.8 Å². The van der Waals surface area contributed by atoms with Crippen molar-refractivity contribution in [3.05, 3.63) is 28.8 Å². The van der Waals surface area contributed by atoms with Gasteiger partial charge in [-0.25, -0.2) is 4.79 Å². The lowest BCUT2D eigenvalue weighted by atomic mass is 10.0. The molecule has 17 heavy (non-hydrogen) atoms. The summed E-state index contributed by atoms with van der Waals surface area (Å²) in [5, 5.41) is 9.86. The van der Waals surface area contributed by atoms with Crippen molar-refractivity contribution in [2.45, 2.75) is 26.9 Å². The second-order valence-electron chi connectivity index (χ2n) is 3.78. The van der Waals surface area contributed by atoms with Crippen LogP contribution in [-0.2, 0) is 9.53 Å². The molecule has 0 amide bonds. The van der Waals surface area contributed by atoms with Gasteiger partial charge in [0.2, 0.25) is 0 Å². The van der Waals surface area contributed by atoms with Crippen molar-refractivity contribution in [1.82, 2.24) is 0 Å². The van der Waals surface area contributed by atoms with Gasteiger partial charge in [-0.1, -0.05) is 12.1 Å². The minimum atomic E-state index is -1.30. The first-order valence-corrected chi connectivity index (χ1v) is 5.51. The summed E-state index contributed by atoms with van der Waals surface area (Å²) in [6.45, 7) is 6.18. The van der Waals surface area contributed by atoms with E-state index >= 15 is 0 Å². The van der Waals surface area contributed by atoms with E-state index < -0.39 is 12.1 Å². The van der Waals surface area contributed by atoms with E-state index in [-0.39, 0.29) is 0 Å². The number of aliphatic hydroxyl groups is 1. The van der Waals surface area contributed by atoms with Crippen LogP contribution in [0.4, 0.5) is 0 Å². The summed E-state index contributed by atoms with van der Waals surface area (Å²) in [6, 6.07) is 3.54. The van der Waals surface area contributed by atoms with Gasteiger partial charge >= 0.3 is 5.97 Å². The molecule has 0 aliphatic heterocycles. The van der Waals surface area contributed by atoms with E-state index in [4.69, 9.17) is 4.74 Å². The van der Waals surface area contributed by atoms with Gasteiger partial charge in [-0.3, -0.25) is 0 Å². The van der Waals surface area contributed by atoms with E-state index in [9.17, 15) is 9.90 Å². The highest BCUT2D eigenvalue weighted by molar-refractivity contribution is 5.77. The maximum Gasteiger partial charge on any atom is 0.339 e. The summed E-state index contributed by atoms with van der Waals surface area (Å²) in [7, 11) is 1.24. The van der Waals surface area contributed by atoms with Crippen LogP contribution in [-0.4, -0.2) is 24.8 Å². The summed E-state index contributed by atoms with van der Waals surface area (Å²) in [6.07, 6.45) is -1.30. The van der Waals surface area contributed by atoms with Crippen LogP contribution in [0.5, 0.6) is 5.75 Å². The third-order valence-corrected chi connectivity index (χ3v) is 2.71. The van der Waals surface area contributed by atoms with Crippen LogP contribution >= 0.6 is 0 Å². The number of aryl methyl sites for hydroxylation is 1. The average molecular weight is 238 g/mol. The molecule has 1 unspecified atom stereocenters. The fourth-order valence-electron chi connectivity index (χ4n) is 1.60. The van der Waals surface area contributed by atoms with Crippen molar-refractivity contribution < 1.29 is 19.4 Å². The zero-order chi connectivity index (χ0) is 13.0. The van der Waals surface area contributed by atoms with E-state index in [2.05, 4.69) is 4.74 Å². The Labute approximate surface area is 101 Å². The number of rotatable bonds is 4. The second kappa shape index (κ2) is 5.68. The monoisotopic (exact) mass is 238 g/mol. The molecule has 1 rings (SSSR count). The average Bonchev–Trinajstić information content (AvgIpc) is 2.33. The Kier molecular flexibility index (Phi) is 4.52. The minimum Gasteiger partial charge on any atom is -0.493 e. The molecule has 0 heterocycles. The lowest BCUT2D eigenvalue weighted by Crippen LogP contribution is -2.15. The van der Waals surface area contributed by atoms with Gasteiger partial charge in [0, 0.05) is 5.56 Å². The lowest BCUT2D eigenvalue weighted by Gasteiger charge is -2.17. The Balaban J connectivity index is 3.23. The molecular formula is C13H18O4. The van der Waals surface area contributed by atoms with Crippen molar-refractivity contribution >= 4 is 5.97 Å². The molecular weight excluding hydrogens is 220 g/mol. The van der Waals surface area contributed by atoms with Gasteiger partial charge in [-0.2, -0.15) is 0 Å². The van der Waals surface area contributed by atoms with Gasteiger partial charge in [0.15, 0.2) is 6.10 Å². The van der Waals surface area contributed by atoms with Crippen molar-refractivity contribution in [3.8, 4) is 5.75 Å². The number of aliphatic hydroxyl groups excluding tert-OH is 1. The molecule has 0 fully saturated rings. The van der Waals surface area contributed by atoms with E-state index in [0.29, 0.717) is 17.9 Å². The Morgan fingerprint density at radius 1 is 1.41 bits per heavy atom. The molecule has 0 spiro atoms. The summed E-state index contributed by atoms with van der Waals surface area (Å²) < 4.78 is 10.0. The molecule has 4 nitrogen and oxygen atoms in total. The molecule has 94 valence electrons. The highest BCUT2D eigenvalue weighted by Gasteiger charge is 2.23. The standard InChI is InChI=1S/C13H18O4/c1-5-17-12-9(3)8(2)6-7-10(12)11(14)13(15)16-4/h6-7,11,14H,5H2,1-4H3. The van der Waals surface area contributed by atoms with Gasteiger partial charge in [-0.05, 0) is 31.9 Å². The number of hydrogen-bond acceptors (Lipinski definition) is 4. The second-order valence-corrected chi connectivity index (χ2v) is 3.78. The molecule has 0 saturated heterocycles. The number of benzene rings is 1. The molecule has 4 heteroatoms. The molecule has 0 aliphatic carbocycles. The van der Waals surface area contributed by atoms with Crippen molar-refractivity contribution in [2.24, 2.45) is 0 Å². The highest BCUT2D eigenvalue weighted by Crippen LogP contribution is 2.31. The number of methoxy groups -OCH3 is 1. The molecule has 0 aromatic heterocycles. The fourth-order valence-corrected chi connectivity index (χ4v) is 1.60. The third-order valence-electron chi connectivity index (χ3n) is 2.71. The first kappa shape index (κ1) is 13.5. The van der Waals surface area contributed by atoms with Crippen LogP contribution in [0.15, 0.2) is 12.1 Å². The molecule has 1 aromatic rings. The van der Waals surface area contributed by atoms with Crippen LogP contribution in [0.1, 0.15) is 29.7 Å². The van der Waals surface area contributed by atoms with Crippen LogP contribution < -0.4 is 4.74 Å². The van der Waals surface area contributed by atoms with Gasteiger partial charge in [0.05, 0.1) is 13.7 Å². The smallest absolute Gasteiger partial charge is 0.339 e. The molecule has 0 aliphatic rings. The quantitative estimate of drug-likeness (QED) is 0.814.